The van der Waals surface area contributed by atoms with Crippen molar-refractivity contribution in [3.63, 3.8) is 0 Å². The summed E-state index contributed by atoms with van der Waals surface area (Å²) in [6.07, 6.45) is 0.427. The molecule has 0 spiro atoms. The smallest absolute Gasteiger partial charge is 0.243 e. The van der Waals surface area contributed by atoms with Crippen molar-refractivity contribution in [2.24, 2.45) is 0 Å². The quantitative estimate of drug-likeness (QED) is 0.763. The van der Waals surface area contributed by atoms with Crippen LogP contribution in [0.2, 0.25) is 0 Å². The van der Waals surface area contributed by atoms with E-state index in [-0.39, 0.29) is 18.0 Å². The zero-order valence-electron chi connectivity index (χ0n) is 11.2. The normalized spacial score (nSPS) is 23.4. The number of aliphatic hydroxyl groups is 2. The maximum atomic E-state index is 12.5. The van der Waals surface area contributed by atoms with Crippen molar-refractivity contribution in [1.29, 1.82) is 0 Å². The molecular weight excluding hydrogens is 278 g/mol. The van der Waals surface area contributed by atoms with Gasteiger partial charge >= 0.3 is 0 Å². The molecule has 1 heterocycles. The summed E-state index contributed by atoms with van der Waals surface area (Å²) in [5.74, 6) is 5.16. The van der Waals surface area contributed by atoms with Gasteiger partial charge < -0.3 is 10.2 Å². The molecule has 1 fully saturated rings. The molecule has 0 radical (unpaired) electrons. The summed E-state index contributed by atoms with van der Waals surface area (Å²) in [6.45, 7) is 1.77. The summed E-state index contributed by atoms with van der Waals surface area (Å²) in [4.78, 5) is 0.153. The Kier molecular flexibility index (Phi) is 4.16. The second-order valence-electron chi connectivity index (χ2n) is 5.07. The number of hydrogen-bond acceptors (Lipinski definition) is 4. The van der Waals surface area contributed by atoms with E-state index >= 15 is 0 Å². The largest absolute Gasteiger partial charge is 0.389 e. The topological polar surface area (TPSA) is 77.8 Å². The van der Waals surface area contributed by atoms with E-state index in [4.69, 9.17) is 5.11 Å². The lowest BCUT2D eigenvalue weighted by atomic mass is 10.1. The number of hydrogen-bond donors (Lipinski definition) is 2. The minimum Gasteiger partial charge on any atom is -0.389 e. The zero-order valence-corrected chi connectivity index (χ0v) is 12.0. The first-order chi connectivity index (χ1) is 9.35. The van der Waals surface area contributed by atoms with E-state index in [0.29, 0.717) is 18.5 Å². The van der Waals surface area contributed by atoms with Crippen LogP contribution in [0.25, 0.3) is 0 Å². The molecule has 1 aromatic rings. The Hall–Kier alpha value is -1.39. The van der Waals surface area contributed by atoms with Crippen molar-refractivity contribution >= 4 is 10.0 Å². The van der Waals surface area contributed by atoms with E-state index in [1.165, 1.54) is 16.4 Å². The third-order valence-electron chi connectivity index (χ3n) is 3.20. The molecule has 6 heteroatoms. The number of rotatable bonds is 2. The molecule has 0 aliphatic carbocycles. The summed E-state index contributed by atoms with van der Waals surface area (Å²) in [5, 5.41) is 18.5. The van der Waals surface area contributed by atoms with Crippen molar-refractivity contribution in [2.75, 3.05) is 19.7 Å². The molecule has 1 atom stereocenters. The van der Waals surface area contributed by atoms with Gasteiger partial charge in [-0.2, -0.15) is 4.31 Å². The zero-order chi connectivity index (χ0) is 14.8. The van der Waals surface area contributed by atoms with Crippen molar-refractivity contribution in [1.82, 2.24) is 4.31 Å². The summed E-state index contributed by atoms with van der Waals surface area (Å²) in [5.41, 5.74) is -0.437. The fourth-order valence-electron chi connectivity index (χ4n) is 2.13. The first-order valence-electron chi connectivity index (χ1n) is 6.27. The van der Waals surface area contributed by atoms with E-state index in [1.54, 1.807) is 19.1 Å². The number of β-amino-alcohol motifs (C(OH)–C–C–N with tert-alkyl or cyclic N) is 1. The minimum atomic E-state index is -3.61. The Balaban J connectivity index is 2.31. The molecule has 1 aliphatic heterocycles. The number of nitrogens with zero attached hydrogens (tertiary/aromatic N) is 1. The second-order valence-corrected chi connectivity index (χ2v) is 7.01. The standard InChI is InChI=1S/C14H17NO4S/c1-14(17)7-8-15(11-14)20(18,19)13-6-2-4-12(10-13)5-3-9-16/h2,4,6,10,16-17H,7-9,11H2,1H3. The molecule has 1 unspecified atom stereocenters. The molecule has 0 saturated carbocycles. The molecule has 2 N–H and O–H groups in total. The number of benzene rings is 1. The van der Waals surface area contributed by atoms with Crippen LogP contribution in [0.15, 0.2) is 29.2 Å². The maximum Gasteiger partial charge on any atom is 0.243 e. The molecule has 20 heavy (non-hydrogen) atoms. The van der Waals surface area contributed by atoms with Gasteiger partial charge in [0.2, 0.25) is 10.0 Å². The number of sulfonamides is 1. The van der Waals surface area contributed by atoms with E-state index in [1.807, 2.05) is 0 Å². The summed E-state index contributed by atoms with van der Waals surface area (Å²) < 4.78 is 26.2. The van der Waals surface area contributed by atoms with Crippen molar-refractivity contribution in [2.45, 2.75) is 23.8 Å². The van der Waals surface area contributed by atoms with E-state index in [2.05, 4.69) is 11.8 Å². The fourth-order valence-corrected chi connectivity index (χ4v) is 3.74. The van der Waals surface area contributed by atoms with Crippen LogP contribution in [0.1, 0.15) is 18.9 Å². The van der Waals surface area contributed by atoms with Gasteiger partial charge in [-0.15, -0.1) is 0 Å². The van der Waals surface area contributed by atoms with Gasteiger partial charge in [0.1, 0.15) is 6.61 Å². The third kappa shape index (κ3) is 3.19. The average molecular weight is 295 g/mol. The second kappa shape index (κ2) is 5.54. The molecule has 108 valence electrons. The molecule has 0 aromatic heterocycles. The van der Waals surface area contributed by atoms with Crippen LogP contribution in [0.4, 0.5) is 0 Å². The Labute approximate surface area is 118 Å². The maximum absolute atomic E-state index is 12.5. The van der Waals surface area contributed by atoms with Crippen LogP contribution in [-0.2, 0) is 10.0 Å². The van der Waals surface area contributed by atoms with Crippen LogP contribution in [0.3, 0.4) is 0 Å². The van der Waals surface area contributed by atoms with E-state index in [0.717, 1.165) is 0 Å². The molecule has 2 rings (SSSR count). The highest BCUT2D eigenvalue weighted by Crippen LogP contribution is 2.26. The predicted molar refractivity (Wildman–Crippen MR) is 74.4 cm³/mol. The van der Waals surface area contributed by atoms with Crippen molar-refractivity contribution in [3.8, 4) is 11.8 Å². The SMILES string of the molecule is CC1(O)CCN(S(=O)(=O)c2cccc(C#CCO)c2)C1. The van der Waals surface area contributed by atoms with E-state index < -0.39 is 15.6 Å². The molecule has 1 aromatic carbocycles. The summed E-state index contributed by atoms with van der Waals surface area (Å²) in [6, 6.07) is 6.28. The molecule has 1 saturated heterocycles. The fraction of sp³-hybridized carbons (Fsp3) is 0.429. The minimum absolute atomic E-state index is 0.0991. The first-order valence-corrected chi connectivity index (χ1v) is 7.71. The molecule has 5 nitrogen and oxygen atoms in total. The van der Waals surface area contributed by atoms with Gasteiger partial charge in [-0.25, -0.2) is 8.42 Å². The van der Waals surface area contributed by atoms with Gasteiger partial charge in [0.15, 0.2) is 0 Å². The van der Waals surface area contributed by atoms with Gasteiger partial charge in [-0.05, 0) is 31.5 Å². The Morgan fingerprint density at radius 3 is 2.80 bits per heavy atom. The Bertz CT molecular complexity index is 655. The van der Waals surface area contributed by atoms with Gasteiger partial charge in [-0.1, -0.05) is 17.9 Å². The monoisotopic (exact) mass is 295 g/mol. The molecule has 0 amide bonds. The average Bonchev–Trinajstić information content (AvgIpc) is 2.78. The van der Waals surface area contributed by atoms with Crippen LogP contribution >= 0.6 is 0 Å². The third-order valence-corrected chi connectivity index (χ3v) is 5.04. The summed E-state index contributed by atoms with van der Waals surface area (Å²) >= 11 is 0. The van der Waals surface area contributed by atoms with Gasteiger partial charge in [-0.3, -0.25) is 0 Å². The lowest BCUT2D eigenvalue weighted by Crippen LogP contribution is -2.33. The highest BCUT2D eigenvalue weighted by molar-refractivity contribution is 7.89. The van der Waals surface area contributed by atoms with Crippen molar-refractivity contribution in [3.05, 3.63) is 29.8 Å². The highest BCUT2D eigenvalue weighted by Gasteiger charge is 2.38. The lowest BCUT2D eigenvalue weighted by molar-refractivity contribution is 0.0762. The van der Waals surface area contributed by atoms with Gasteiger partial charge in [0.25, 0.3) is 0 Å². The van der Waals surface area contributed by atoms with Crippen LogP contribution in [0, 0.1) is 11.8 Å². The molecular formula is C14H17NO4S. The number of aliphatic hydroxyl groups excluding tert-OH is 1. The van der Waals surface area contributed by atoms with E-state index in [9.17, 15) is 13.5 Å². The van der Waals surface area contributed by atoms with Gasteiger partial charge in [0, 0.05) is 18.7 Å². The summed E-state index contributed by atoms with van der Waals surface area (Å²) in [7, 11) is -3.61. The first kappa shape index (κ1) is 15.0. The Morgan fingerprint density at radius 1 is 1.45 bits per heavy atom. The van der Waals surface area contributed by atoms with Crippen LogP contribution in [-0.4, -0.2) is 48.2 Å². The molecule has 1 aliphatic rings. The predicted octanol–water partition coefficient (Wildman–Crippen LogP) is 0.176. The Morgan fingerprint density at radius 2 is 2.20 bits per heavy atom. The molecule has 0 bridgehead atoms. The lowest BCUT2D eigenvalue weighted by Gasteiger charge is -2.19. The highest BCUT2D eigenvalue weighted by atomic mass is 32.2. The van der Waals surface area contributed by atoms with Gasteiger partial charge in [0.05, 0.1) is 10.5 Å². The van der Waals surface area contributed by atoms with Crippen LogP contribution < -0.4 is 0 Å². The van der Waals surface area contributed by atoms with Crippen LogP contribution in [0.5, 0.6) is 0 Å². The van der Waals surface area contributed by atoms with Crippen molar-refractivity contribution < 1.29 is 18.6 Å².